The van der Waals surface area contributed by atoms with Crippen molar-refractivity contribution in [2.24, 2.45) is 0 Å². The Morgan fingerprint density at radius 2 is 2.33 bits per heavy atom. The van der Waals surface area contributed by atoms with Crippen molar-refractivity contribution >= 4 is 5.78 Å². The third-order valence-corrected chi connectivity index (χ3v) is 3.37. The Labute approximate surface area is 89.2 Å². The first-order valence-electron chi connectivity index (χ1n) is 5.67. The van der Waals surface area contributed by atoms with Gasteiger partial charge in [0, 0.05) is 19.3 Å². The molecule has 1 N–H and O–H groups in total. The first-order valence-corrected chi connectivity index (χ1v) is 5.67. The molecule has 0 spiro atoms. The van der Waals surface area contributed by atoms with Gasteiger partial charge in [-0.2, -0.15) is 0 Å². The number of fused-ring (bicyclic) bond motifs is 1. The molecule has 2 aliphatic carbocycles. The van der Waals surface area contributed by atoms with Crippen LogP contribution in [0.5, 0.6) is 0 Å². The van der Waals surface area contributed by atoms with Crippen LogP contribution in [0.1, 0.15) is 32.1 Å². The highest BCUT2D eigenvalue weighted by Gasteiger charge is 2.35. The third kappa shape index (κ3) is 1.56. The predicted octanol–water partition coefficient (Wildman–Crippen LogP) is 1.66. The first kappa shape index (κ1) is 9.01. The summed E-state index contributed by atoms with van der Waals surface area (Å²) in [5.74, 6) is 1.39. The van der Waals surface area contributed by atoms with E-state index in [4.69, 9.17) is 4.74 Å². The van der Waals surface area contributed by atoms with Gasteiger partial charge in [-0.1, -0.05) is 6.08 Å². The van der Waals surface area contributed by atoms with Gasteiger partial charge in [-0.15, -0.1) is 0 Å². The summed E-state index contributed by atoms with van der Waals surface area (Å²) in [6.07, 6.45) is 8.56. The van der Waals surface area contributed by atoms with E-state index >= 15 is 0 Å². The number of allylic oxidation sites excluding steroid dienone is 3. The zero-order valence-corrected chi connectivity index (χ0v) is 8.66. The van der Waals surface area contributed by atoms with Gasteiger partial charge in [-0.05, 0) is 18.9 Å². The lowest BCUT2D eigenvalue weighted by molar-refractivity contribution is -0.125. The highest BCUT2D eigenvalue weighted by Crippen LogP contribution is 2.31. The molecule has 1 fully saturated rings. The molecule has 1 saturated carbocycles. The standard InChI is InChI=1S/C12H15NO2/c14-8-5-6-10-12(7-8)15-11-4-2-1-3-9(11)13-10/h1,3,10,12-13H,2,4-7H2. The van der Waals surface area contributed by atoms with E-state index in [2.05, 4.69) is 17.5 Å². The van der Waals surface area contributed by atoms with Crippen molar-refractivity contribution in [1.29, 1.82) is 0 Å². The monoisotopic (exact) mass is 205 g/mol. The number of carbonyl (C=O) groups is 1. The van der Waals surface area contributed by atoms with E-state index in [0.29, 0.717) is 24.7 Å². The van der Waals surface area contributed by atoms with Crippen molar-refractivity contribution in [3.05, 3.63) is 23.6 Å². The van der Waals surface area contributed by atoms with Gasteiger partial charge in [0.25, 0.3) is 0 Å². The summed E-state index contributed by atoms with van der Waals surface area (Å²) in [7, 11) is 0. The fraction of sp³-hybridized carbons (Fsp3) is 0.583. The maximum absolute atomic E-state index is 11.3. The molecule has 1 aliphatic heterocycles. The highest BCUT2D eigenvalue weighted by molar-refractivity contribution is 5.80. The van der Waals surface area contributed by atoms with Crippen molar-refractivity contribution in [2.75, 3.05) is 0 Å². The van der Waals surface area contributed by atoms with Crippen molar-refractivity contribution < 1.29 is 9.53 Å². The van der Waals surface area contributed by atoms with Crippen LogP contribution in [0.15, 0.2) is 23.6 Å². The second-order valence-corrected chi connectivity index (χ2v) is 4.47. The highest BCUT2D eigenvalue weighted by atomic mass is 16.5. The summed E-state index contributed by atoms with van der Waals surface area (Å²) in [5, 5.41) is 3.49. The fourth-order valence-electron chi connectivity index (χ4n) is 2.54. The number of ketones is 1. The van der Waals surface area contributed by atoms with Crippen LogP contribution in [0, 0.1) is 0 Å². The lowest BCUT2D eigenvalue weighted by Gasteiger charge is -2.39. The first-order chi connectivity index (χ1) is 7.33. The molecule has 0 bridgehead atoms. The Bertz CT molecular complexity index is 357. The van der Waals surface area contributed by atoms with Gasteiger partial charge in [0.15, 0.2) is 0 Å². The van der Waals surface area contributed by atoms with E-state index < -0.39 is 0 Å². The smallest absolute Gasteiger partial charge is 0.136 e. The van der Waals surface area contributed by atoms with E-state index in [0.717, 1.165) is 30.7 Å². The third-order valence-electron chi connectivity index (χ3n) is 3.37. The summed E-state index contributed by atoms with van der Waals surface area (Å²) in [6, 6.07) is 0.337. The van der Waals surface area contributed by atoms with Gasteiger partial charge in [-0.3, -0.25) is 4.79 Å². The van der Waals surface area contributed by atoms with E-state index in [-0.39, 0.29) is 6.10 Å². The molecule has 3 aliphatic rings. The second-order valence-electron chi connectivity index (χ2n) is 4.47. The minimum Gasteiger partial charge on any atom is -0.490 e. The van der Waals surface area contributed by atoms with Crippen molar-refractivity contribution in [1.82, 2.24) is 5.32 Å². The van der Waals surface area contributed by atoms with Crippen molar-refractivity contribution in [3.8, 4) is 0 Å². The van der Waals surface area contributed by atoms with Crippen LogP contribution in [-0.2, 0) is 9.53 Å². The second kappa shape index (κ2) is 3.40. The summed E-state index contributed by atoms with van der Waals surface area (Å²) in [5.41, 5.74) is 1.14. The Kier molecular flexibility index (Phi) is 2.04. The Hall–Kier alpha value is -1.25. The lowest BCUT2D eigenvalue weighted by atomic mass is 9.89. The normalized spacial score (nSPS) is 34.0. The molecule has 15 heavy (non-hydrogen) atoms. The molecule has 0 aromatic carbocycles. The molecular weight excluding hydrogens is 190 g/mol. The zero-order valence-electron chi connectivity index (χ0n) is 8.66. The number of hydrogen-bond donors (Lipinski definition) is 1. The molecular formula is C12H15NO2. The number of rotatable bonds is 0. The number of hydrogen-bond acceptors (Lipinski definition) is 3. The number of nitrogens with one attached hydrogen (secondary N) is 1. The van der Waals surface area contributed by atoms with Gasteiger partial charge >= 0.3 is 0 Å². The van der Waals surface area contributed by atoms with E-state index in [9.17, 15) is 4.79 Å². The van der Waals surface area contributed by atoms with Crippen LogP contribution >= 0.6 is 0 Å². The molecule has 3 nitrogen and oxygen atoms in total. The maximum Gasteiger partial charge on any atom is 0.136 e. The quantitative estimate of drug-likeness (QED) is 0.653. The van der Waals surface area contributed by atoms with Crippen LogP contribution in [0.4, 0.5) is 0 Å². The van der Waals surface area contributed by atoms with Gasteiger partial charge in [0.2, 0.25) is 0 Å². The maximum atomic E-state index is 11.3. The summed E-state index contributed by atoms with van der Waals surface area (Å²) in [6.45, 7) is 0. The van der Waals surface area contributed by atoms with Crippen molar-refractivity contribution in [2.45, 2.75) is 44.2 Å². The van der Waals surface area contributed by atoms with E-state index in [1.807, 2.05) is 0 Å². The Morgan fingerprint density at radius 1 is 1.40 bits per heavy atom. The molecule has 80 valence electrons. The van der Waals surface area contributed by atoms with E-state index in [1.165, 1.54) is 0 Å². The van der Waals surface area contributed by atoms with Crippen LogP contribution in [0.2, 0.25) is 0 Å². The summed E-state index contributed by atoms with van der Waals surface area (Å²) < 4.78 is 5.91. The van der Waals surface area contributed by atoms with Gasteiger partial charge in [0.1, 0.15) is 17.6 Å². The number of Topliss-reactive ketones (excluding diaryl/α,β-unsaturated/α-hetero) is 1. The molecule has 2 unspecified atom stereocenters. The molecule has 0 amide bonds. The van der Waals surface area contributed by atoms with Crippen LogP contribution in [-0.4, -0.2) is 17.9 Å². The minimum atomic E-state index is 0.0801. The lowest BCUT2D eigenvalue weighted by Crippen LogP contribution is -2.48. The van der Waals surface area contributed by atoms with Crippen molar-refractivity contribution in [3.63, 3.8) is 0 Å². The van der Waals surface area contributed by atoms with Gasteiger partial charge in [0.05, 0.1) is 11.7 Å². The average Bonchev–Trinajstić information content (AvgIpc) is 2.26. The SMILES string of the molecule is O=C1CCC2NC3=C(CCC=C3)OC2C1. The van der Waals surface area contributed by atoms with Crippen LogP contribution < -0.4 is 5.32 Å². The molecule has 0 aromatic rings. The average molecular weight is 205 g/mol. The molecule has 0 aromatic heterocycles. The zero-order chi connectivity index (χ0) is 10.3. The van der Waals surface area contributed by atoms with Crippen LogP contribution in [0.3, 0.4) is 0 Å². The Balaban J connectivity index is 1.83. The topological polar surface area (TPSA) is 38.3 Å². The van der Waals surface area contributed by atoms with Gasteiger partial charge < -0.3 is 10.1 Å². The molecule has 2 atom stereocenters. The summed E-state index contributed by atoms with van der Waals surface area (Å²) >= 11 is 0. The van der Waals surface area contributed by atoms with E-state index in [1.54, 1.807) is 0 Å². The van der Waals surface area contributed by atoms with Gasteiger partial charge in [-0.25, -0.2) is 0 Å². The molecule has 1 heterocycles. The predicted molar refractivity (Wildman–Crippen MR) is 56.1 cm³/mol. The number of carbonyl (C=O) groups excluding carboxylic acids is 1. The fourth-order valence-corrected chi connectivity index (χ4v) is 2.54. The molecule has 0 radical (unpaired) electrons. The molecule has 0 saturated heterocycles. The van der Waals surface area contributed by atoms with Crippen LogP contribution in [0.25, 0.3) is 0 Å². The summed E-state index contributed by atoms with van der Waals surface area (Å²) in [4.78, 5) is 11.3. The molecule has 3 heteroatoms. The molecule has 3 rings (SSSR count). The largest absolute Gasteiger partial charge is 0.490 e. The minimum absolute atomic E-state index is 0.0801. The Morgan fingerprint density at radius 3 is 3.27 bits per heavy atom. The number of ether oxygens (including phenoxy) is 1.